The maximum Gasteiger partial charge on any atom is 0.372 e. The molecule has 37 heavy (non-hydrogen) atoms. The molecule has 0 fully saturated rings. The van der Waals surface area contributed by atoms with E-state index in [1.165, 1.54) is 11.6 Å². The fourth-order valence-corrected chi connectivity index (χ4v) is 4.02. The predicted octanol–water partition coefficient (Wildman–Crippen LogP) is 1.07. The molecule has 12 heteroatoms. The van der Waals surface area contributed by atoms with Crippen LogP contribution in [0.15, 0.2) is 33.9 Å². The Kier molecular flexibility index (Phi) is 7.15. The predicted molar refractivity (Wildman–Crippen MR) is 136 cm³/mol. The van der Waals surface area contributed by atoms with Crippen molar-refractivity contribution in [3.05, 3.63) is 56.6 Å². The molecule has 0 aliphatic rings. The van der Waals surface area contributed by atoms with Crippen molar-refractivity contribution in [2.75, 3.05) is 11.9 Å². The molecule has 2 N–H and O–H groups in total. The quantitative estimate of drug-likeness (QED) is 0.194. The lowest BCUT2D eigenvalue weighted by Crippen LogP contribution is -2.40. The number of aromatic nitrogens is 6. The molecule has 0 unspecified atom stereocenters. The van der Waals surface area contributed by atoms with E-state index in [1.54, 1.807) is 11.5 Å². The highest BCUT2D eigenvalue weighted by Gasteiger charge is 2.21. The van der Waals surface area contributed by atoms with Crippen LogP contribution in [-0.2, 0) is 29.7 Å². The Hall–Kier alpha value is -4.79. The zero-order chi connectivity index (χ0) is 26.7. The van der Waals surface area contributed by atoms with Gasteiger partial charge >= 0.3 is 11.7 Å². The molecule has 0 radical (unpaired) electrons. The van der Waals surface area contributed by atoms with Gasteiger partial charge in [0.05, 0.1) is 18.6 Å². The maximum atomic E-state index is 13.6. The molecule has 4 aromatic rings. The number of anilines is 1. The Morgan fingerprint density at radius 1 is 1.11 bits per heavy atom. The van der Waals surface area contributed by atoms with Gasteiger partial charge < -0.3 is 10.4 Å². The van der Waals surface area contributed by atoms with Crippen LogP contribution in [0.5, 0.6) is 0 Å². The highest BCUT2D eigenvalue weighted by Crippen LogP contribution is 2.17. The zero-order valence-corrected chi connectivity index (χ0v) is 20.6. The number of hydrogen-bond donors (Lipinski definition) is 2. The number of fused-ring (bicyclic) bond motifs is 2. The van der Waals surface area contributed by atoms with Crippen LogP contribution in [0.2, 0.25) is 0 Å². The summed E-state index contributed by atoms with van der Waals surface area (Å²) in [6, 6.07) is 7.50. The molecule has 0 saturated heterocycles. The molecule has 0 amide bonds. The summed E-state index contributed by atoms with van der Waals surface area (Å²) < 4.78 is 3.91. The first-order valence-electron chi connectivity index (χ1n) is 11.5. The molecule has 3 heterocycles. The van der Waals surface area contributed by atoms with E-state index < -0.39 is 23.0 Å². The number of carboxylic acids is 1. The molecule has 0 spiro atoms. The number of nitrogens with zero attached hydrogens (tertiary/aromatic N) is 6. The fraction of sp³-hybridized carbons (Fsp3) is 0.320. The molecule has 12 nitrogen and oxygen atoms in total. The summed E-state index contributed by atoms with van der Waals surface area (Å²) >= 11 is 0. The standard InChI is InChI=1S/C25H25N7O5/c1-4-5-13-31-20-21(29-24(31)26-12-8-11-18(33)23(35)36)30(3)25(37)32(22(20)34)14-19-27-15(2)16-9-6-7-10-17(16)28-19/h6-7,9-10H,8,11-14H2,1-3H3,(H,26,29)(H,35,36). The normalized spacial score (nSPS) is 10.9. The number of aliphatic carboxylic acids is 1. The minimum absolute atomic E-state index is 0.127. The minimum Gasteiger partial charge on any atom is -0.476 e. The largest absolute Gasteiger partial charge is 0.476 e. The summed E-state index contributed by atoms with van der Waals surface area (Å²) in [6.07, 6.45) is 0.101. The van der Waals surface area contributed by atoms with Crippen molar-refractivity contribution < 1.29 is 14.7 Å². The SMILES string of the molecule is CC#CCn1c(NCCCC(=O)C(=O)O)nc2c1c(=O)n(Cc1nc(C)c3ccccc3n1)c(=O)n2C. The smallest absolute Gasteiger partial charge is 0.372 e. The van der Waals surface area contributed by atoms with Crippen molar-refractivity contribution in [2.45, 2.75) is 39.8 Å². The molecular formula is C25H25N7O5. The third-order valence-corrected chi connectivity index (χ3v) is 5.89. The van der Waals surface area contributed by atoms with Crippen molar-refractivity contribution in [3.8, 4) is 11.8 Å². The zero-order valence-electron chi connectivity index (χ0n) is 20.6. The Balaban J connectivity index is 1.76. The molecule has 4 rings (SSSR count). The number of benzene rings is 1. The Labute approximate surface area is 210 Å². The number of imidazole rings is 1. The lowest BCUT2D eigenvalue weighted by molar-refractivity contribution is -0.149. The molecule has 0 aliphatic heterocycles. The van der Waals surface area contributed by atoms with Crippen molar-refractivity contribution >= 4 is 39.8 Å². The van der Waals surface area contributed by atoms with Gasteiger partial charge in [-0.15, -0.1) is 5.92 Å². The van der Waals surface area contributed by atoms with E-state index in [2.05, 4.69) is 32.1 Å². The van der Waals surface area contributed by atoms with Gasteiger partial charge in [0.15, 0.2) is 11.2 Å². The van der Waals surface area contributed by atoms with E-state index >= 15 is 0 Å². The molecule has 0 atom stereocenters. The van der Waals surface area contributed by atoms with Gasteiger partial charge in [0.2, 0.25) is 11.7 Å². The molecular weight excluding hydrogens is 478 g/mol. The second-order valence-electron chi connectivity index (χ2n) is 8.35. The fourth-order valence-electron chi connectivity index (χ4n) is 4.02. The molecule has 0 saturated carbocycles. The average Bonchev–Trinajstić information content (AvgIpc) is 3.24. The molecule has 3 aromatic heterocycles. The molecule has 0 bridgehead atoms. The number of Topliss-reactive ketones (excluding diaryl/α,β-unsaturated/α-hetero) is 1. The monoisotopic (exact) mass is 503 g/mol. The topological polar surface area (TPSA) is 154 Å². The summed E-state index contributed by atoms with van der Waals surface area (Å²) in [4.78, 5) is 62.3. The van der Waals surface area contributed by atoms with Crippen molar-refractivity contribution in [1.29, 1.82) is 0 Å². The maximum absolute atomic E-state index is 13.6. The number of carbonyl (C=O) groups is 2. The van der Waals surface area contributed by atoms with Crippen LogP contribution in [0, 0.1) is 18.8 Å². The van der Waals surface area contributed by atoms with E-state index in [9.17, 15) is 19.2 Å². The van der Waals surface area contributed by atoms with Gasteiger partial charge in [-0.3, -0.25) is 23.3 Å². The lowest BCUT2D eigenvalue weighted by atomic mass is 10.2. The third kappa shape index (κ3) is 4.97. The van der Waals surface area contributed by atoms with E-state index in [0.29, 0.717) is 11.3 Å². The van der Waals surface area contributed by atoms with Gasteiger partial charge in [-0.05, 0) is 26.3 Å². The van der Waals surface area contributed by atoms with Crippen LogP contribution in [0.3, 0.4) is 0 Å². The minimum atomic E-state index is -1.48. The summed E-state index contributed by atoms with van der Waals surface area (Å²) in [5.74, 6) is 3.93. The Morgan fingerprint density at radius 3 is 2.59 bits per heavy atom. The highest BCUT2D eigenvalue weighted by molar-refractivity contribution is 6.32. The number of ketones is 1. The number of nitrogens with one attached hydrogen (secondary N) is 1. The first-order chi connectivity index (χ1) is 17.7. The number of carbonyl (C=O) groups excluding carboxylic acids is 1. The number of carboxylic acid groups (broad SMARTS) is 1. The number of rotatable bonds is 9. The van der Waals surface area contributed by atoms with Crippen molar-refractivity contribution in [3.63, 3.8) is 0 Å². The average molecular weight is 504 g/mol. The van der Waals surface area contributed by atoms with E-state index in [4.69, 9.17) is 5.11 Å². The first-order valence-corrected chi connectivity index (χ1v) is 11.5. The van der Waals surface area contributed by atoms with E-state index in [-0.39, 0.29) is 49.6 Å². The lowest BCUT2D eigenvalue weighted by Gasteiger charge is -2.10. The van der Waals surface area contributed by atoms with Gasteiger partial charge in [-0.1, -0.05) is 24.1 Å². The van der Waals surface area contributed by atoms with Crippen molar-refractivity contribution in [1.82, 2.24) is 28.7 Å². The van der Waals surface area contributed by atoms with Crippen LogP contribution in [-0.4, -0.2) is 52.1 Å². The highest BCUT2D eigenvalue weighted by atomic mass is 16.4. The number of aryl methyl sites for hydroxylation is 2. The van der Waals surface area contributed by atoms with Gasteiger partial charge in [0, 0.05) is 31.1 Å². The van der Waals surface area contributed by atoms with Crippen LogP contribution in [0.25, 0.3) is 22.1 Å². The summed E-state index contributed by atoms with van der Waals surface area (Å²) in [5.41, 5.74) is 0.661. The Bertz CT molecular complexity index is 1720. The second kappa shape index (κ2) is 10.4. The summed E-state index contributed by atoms with van der Waals surface area (Å²) in [5, 5.41) is 12.7. The van der Waals surface area contributed by atoms with Gasteiger partial charge in [0.25, 0.3) is 5.56 Å². The van der Waals surface area contributed by atoms with Crippen LogP contribution >= 0.6 is 0 Å². The number of hydrogen-bond acceptors (Lipinski definition) is 8. The third-order valence-electron chi connectivity index (χ3n) is 5.89. The second-order valence-corrected chi connectivity index (χ2v) is 8.35. The summed E-state index contributed by atoms with van der Waals surface area (Å²) in [7, 11) is 1.52. The molecule has 1 aromatic carbocycles. The van der Waals surface area contributed by atoms with E-state index in [1.807, 2.05) is 31.2 Å². The van der Waals surface area contributed by atoms with Crippen LogP contribution in [0.1, 0.15) is 31.3 Å². The number of para-hydroxylation sites is 1. The summed E-state index contributed by atoms with van der Waals surface area (Å²) in [6.45, 7) is 3.74. The van der Waals surface area contributed by atoms with Gasteiger partial charge in [-0.25, -0.2) is 19.6 Å². The molecule has 0 aliphatic carbocycles. The van der Waals surface area contributed by atoms with Crippen molar-refractivity contribution in [2.24, 2.45) is 7.05 Å². The van der Waals surface area contributed by atoms with Crippen LogP contribution < -0.4 is 16.6 Å². The van der Waals surface area contributed by atoms with Gasteiger partial charge in [0.1, 0.15) is 5.82 Å². The van der Waals surface area contributed by atoms with Gasteiger partial charge in [-0.2, -0.15) is 4.98 Å². The first kappa shape index (κ1) is 25.3. The van der Waals surface area contributed by atoms with E-state index in [0.717, 1.165) is 15.6 Å². The Morgan fingerprint density at radius 2 is 1.86 bits per heavy atom. The van der Waals surface area contributed by atoms with Crippen LogP contribution in [0.4, 0.5) is 5.95 Å². The molecule has 190 valence electrons.